The van der Waals surface area contributed by atoms with E-state index in [0.717, 1.165) is 127 Å². The Bertz CT molecular complexity index is 4410. The molecule has 0 fully saturated rings. The molecule has 9 aromatic carbocycles. The Morgan fingerprint density at radius 1 is 0.300 bits per heavy atom. The third kappa shape index (κ3) is 5.83. The number of hydrogen-bond acceptors (Lipinski definition) is 6. The van der Waals surface area contributed by atoms with E-state index in [0.29, 0.717) is 17.6 Å². The van der Waals surface area contributed by atoms with Crippen molar-refractivity contribution in [2.75, 3.05) is 0 Å². The first-order chi connectivity index (χ1) is 34.7. The maximum absolute atomic E-state index is 6.30. The van der Waals surface area contributed by atoms with Crippen LogP contribution in [0.2, 0.25) is 0 Å². The Balaban J connectivity index is 1.03. The van der Waals surface area contributed by atoms with Gasteiger partial charge in [-0.1, -0.05) is 140 Å². The van der Waals surface area contributed by atoms with Gasteiger partial charge in [0.2, 0.25) is 5.95 Å². The lowest BCUT2D eigenvalue weighted by Crippen LogP contribution is -2.06. The van der Waals surface area contributed by atoms with Crippen molar-refractivity contribution in [2.24, 2.45) is 0 Å². The topological polar surface area (TPSA) is 87.7 Å². The number of furan rings is 2. The second-order valence-electron chi connectivity index (χ2n) is 17.8. The van der Waals surface area contributed by atoms with E-state index in [1.54, 1.807) is 0 Å². The molecule has 0 amide bonds. The highest BCUT2D eigenvalue weighted by molar-refractivity contribution is 6.26. The normalized spacial score (nSPS) is 12.0. The smallest absolute Gasteiger partial charge is 0.238 e. The third-order valence-corrected chi connectivity index (χ3v) is 13.8. The zero-order valence-electron chi connectivity index (χ0n) is 37.3. The lowest BCUT2D eigenvalue weighted by molar-refractivity contribution is 0.668. The predicted molar refractivity (Wildman–Crippen MR) is 283 cm³/mol. The number of fused-ring (bicyclic) bond motifs is 13. The second-order valence-corrected chi connectivity index (χ2v) is 17.8. The third-order valence-electron chi connectivity index (χ3n) is 13.8. The molecular weight excluding hydrogens is 861 g/mol. The summed E-state index contributed by atoms with van der Waals surface area (Å²) in [6, 6.07) is 75.7. The molecule has 6 heterocycles. The molecule has 0 aliphatic heterocycles. The minimum absolute atomic E-state index is 0.540. The van der Waals surface area contributed by atoms with Crippen LogP contribution in [0, 0.1) is 0 Å². The summed E-state index contributed by atoms with van der Waals surface area (Å²) >= 11 is 0. The molecule has 0 spiro atoms. The molecule has 15 aromatic rings. The van der Waals surface area contributed by atoms with Crippen LogP contribution >= 0.6 is 0 Å². The molecule has 15 rings (SSSR count). The van der Waals surface area contributed by atoms with Crippen LogP contribution in [0.5, 0.6) is 0 Å². The Kier molecular flexibility index (Phi) is 8.20. The van der Waals surface area contributed by atoms with Crippen LogP contribution in [-0.2, 0) is 0 Å². The van der Waals surface area contributed by atoms with E-state index >= 15 is 0 Å². The summed E-state index contributed by atoms with van der Waals surface area (Å²) in [4.78, 5) is 21.1. The average molecular weight is 897 g/mol. The Labute approximate surface area is 399 Å². The van der Waals surface area contributed by atoms with Crippen molar-refractivity contribution in [3.05, 3.63) is 218 Å². The standard InChI is InChI=1S/C62H36N6O2/c1-3-15-37(16-4-1)60-64-61(38-17-5-2-6-18-38)66-62(65-60)68-52-24-12-8-22-46(52)58-53(68)30-29-45-42-19-7-11-23-51(42)67(59(45)58)41-35-49(39-27-31-56-47(33-39)43-20-9-13-25-54(43)69-56)63-50(36-41)40-28-32-57-48(34-40)44-21-10-14-26-55(44)70-57/h1-36H. The number of nitrogens with zero attached hydrogens (tertiary/aromatic N) is 6. The van der Waals surface area contributed by atoms with Crippen LogP contribution in [0.1, 0.15) is 0 Å². The van der Waals surface area contributed by atoms with Crippen LogP contribution in [-0.4, -0.2) is 29.1 Å². The second kappa shape index (κ2) is 14.9. The van der Waals surface area contributed by atoms with Gasteiger partial charge in [0, 0.05) is 65.3 Å². The summed E-state index contributed by atoms with van der Waals surface area (Å²) in [7, 11) is 0. The highest BCUT2D eigenvalue weighted by atomic mass is 16.3. The minimum atomic E-state index is 0.540. The van der Waals surface area contributed by atoms with Gasteiger partial charge in [-0.05, 0) is 78.9 Å². The van der Waals surface area contributed by atoms with Gasteiger partial charge in [-0.2, -0.15) is 9.97 Å². The lowest BCUT2D eigenvalue weighted by Gasteiger charge is -2.14. The fourth-order valence-corrected chi connectivity index (χ4v) is 10.6. The van der Waals surface area contributed by atoms with E-state index in [2.05, 4.69) is 143 Å². The number of aromatic nitrogens is 6. The Morgan fingerprint density at radius 2 is 0.786 bits per heavy atom. The lowest BCUT2D eigenvalue weighted by atomic mass is 10.0. The largest absolute Gasteiger partial charge is 0.456 e. The molecular formula is C62H36N6O2. The minimum Gasteiger partial charge on any atom is -0.456 e. The molecule has 0 atom stereocenters. The zero-order valence-corrected chi connectivity index (χ0v) is 37.3. The number of para-hydroxylation sites is 4. The molecule has 0 bridgehead atoms. The molecule has 0 aliphatic rings. The van der Waals surface area contributed by atoms with Crippen molar-refractivity contribution < 1.29 is 8.83 Å². The molecule has 0 unspecified atom stereocenters. The van der Waals surface area contributed by atoms with Crippen LogP contribution < -0.4 is 0 Å². The van der Waals surface area contributed by atoms with E-state index in [1.807, 2.05) is 84.9 Å². The first-order valence-corrected chi connectivity index (χ1v) is 23.4. The van der Waals surface area contributed by atoms with Gasteiger partial charge in [0.05, 0.1) is 39.1 Å². The average Bonchev–Trinajstić information content (AvgIpc) is 4.19. The SMILES string of the molecule is c1ccc(-c2nc(-c3ccccc3)nc(-n3c4ccccc4c4c3ccc3c5ccccc5n(-c5cc(-c6ccc7oc8ccccc8c7c6)nc(-c6ccc7oc8ccccc8c7c6)c5)c34)n2)cc1. The van der Waals surface area contributed by atoms with Crippen molar-refractivity contribution in [2.45, 2.75) is 0 Å². The quantitative estimate of drug-likeness (QED) is 0.165. The van der Waals surface area contributed by atoms with Gasteiger partial charge in [-0.15, -0.1) is 0 Å². The molecule has 0 N–H and O–H groups in total. The molecule has 8 nitrogen and oxygen atoms in total. The first kappa shape index (κ1) is 38.4. The number of pyridine rings is 1. The van der Waals surface area contributed by atoms with Gasteiger partial charge >= 0.3 is 0 Å². The van der Waals surface area contributed by atoms with E-state index in [9.17, 15) is 0 Å². The molecule has 0 aliphatic carbocycles. The Hall–Kier alpha value is -9.66. The number of hydrogen-bond donors (Lipinski definition) is 0. The highest BCUT2D eigenvalue weighted by Crippen LogP contribution is 2.44. The summed E-state index contributed by atoms with van der Waals surface area (Å²) in [6.45, 7) is 0. The van der Waals surface area contributed by atoms with Crippen LogP contribution in [0.25, 0.3) is 144 Å². The van der Waals surface area contributed by atoms with Crippen LogP contribution in [0.15, 0.2) is 227 Å². The Morgan fingerprint density at radius 3 is 1.37 bits per heavy atom. The van der Waals surface area contributed by atoms with Gasteiger partial charge < -0.3 is 13.4 Å². The van der Waals surface area contributed by atoms with E-state index < -0.39 is 0 Å². The zero-order chi connectivity index (χ0) is 45.9. The monoisotopic (exact) mass is 896 g/mol. The summed E-state index contributed by atoms with van der Waals surface area (Å²) in [5.41, 5.74) is 14.0. The maximum Gasteiger partial charge on any atom is 0.238 e. The number of rotatable bonds is 6. The van der Waals surface area contributed by atoms with Gasteiger partial charge in [-0.3, -0.25) is 4.57 Å². The van der Waals surface area contributed by atoms with E-state index in [4.69, 9.17) is 28.8 Å². The van der Waals surface area contributed by atoms with Crippen molar-refractivity contribution in [1.29, 1.82) is 0 Å². The van der Waals surface area contributed by atoms with E-state index in [-0.39, 0.29) is 0 Å². The summed E-state index contributed by atoms with van der Waals surface area (Å²) < 4.78 is 17.2. The first-order valence-electron chi connectivity index (χ1n) is 23.4. The van der Waals surface area contributed by atoms with Gasteiger partial charge in [0.15, 0.2) is 11.6 Å². The fourth-order valence-electron chi connectivity index (χ4n) is 10.6. The van der Waals surface area contributed by atoms with Crippen LogP contribution in [0.4, 0.5) is 0 Å². The van der Waals surface area contributed by atoms with Crippen molar-refractivity contribution >= 4 is 87.5 Å². The summed E-state index contributed by atoms with van der Waals surface area (Å²) in [6.07, 6.45) is 0. The molecule has 6 aromatic heterocycles. The van der Waals surface area contributed by atoms with Crippen LogP contribution in [0.3, 0.4) is 0 Å². The van der Waals surface area contributed by atoms with Gasteiger partial charge in [0.1, 0.15) is 22.3 Å². The predicted octanol–water partition coefficient (Wildman–Crippen LogP) is 15.9. The molecule has 0 saturated carbocycles. The van der Waals surface area contributed by atoms with Crippen molar-refractivity contribution in [1.82, 2.24) is 29.1 Å². The summed E-state index contributed by atoms with van der Waals surface area (Å²) in [5.74, 6) is 1.75. The molecule has 326 valence electrons. The van der Waals surface area contributed by atoms with E-state index in [1.165, 1.54) is 0 Å². The molecule has 70 heavy (non-hydrogen) atoms. The van der Waals surface area contributed by atoms with Crippen molar-refractivity contribution in [3.63, 3.8) is 0 Å². The van der Waals surface area contributed by atoms with Gasteiger partial charge in [0.25, 0.3) is 0 Å². The molecule has 0 saturated heterocycles. The maximum atomic E-state index is 6.30. The summed E-state index contributed by atoms with van der Waals surface area (Å²) in [5, 5.41) is 8.68. The molecule has 8 heteroatoms. The fraction of sp³-hybridized carbons (Fsp3) is 0. The van der Waals surface area contributed by atoms with Gasteiger partial charge in [-0.25, -0.2) is 9.97 Å². The number of benzene rings is 9. The van der Waals surface area contributed by atoms with Crippen molar-refractivity contribution in [3.8, 4) is 56.9 Å². The highest BCUT2D eigenvalue weighted by Gasteiger charge is 2.24. The molecule has 0 radical (unpaired) electrons.